The quantitative estimate of drug-likeness (QED) is 0.595. The van der Waals surface area contributed by atoms with Gasteiger partial charge < -0.3 is 29.7 Å². The van der Waals surface area contributed by atoms with Crippen molar-refractivity contribution in [2.45, 2.75) is 64.1 Å². The number of anilines is 3. The fourth-order valence-corrected chi connectivity index (χ4v) is 5.50. The maximum atomic E-state index is 12.5. The summed E-state index contributed by atoms with van der Waals surface area (Å²) in [5, 5.41) is 17.4. The topological polar surface area (TPSA) is 136 Å². The predicted octanol–water partition coefficient (Wildman–Crippen LogP) is 3.20. The second-order valence-corrected chi connectivity index (χ2v) is 11.7. The summed E-state index contributed by atoms with van der Waals surface area (Å²) in [5.41, 5.74) is 0.394. The molecule has 3 fully saturated rings. The molecule has 3 saturated heterocycles. The molecule has 0 spiro atoms. The summed E-state index contributed by atoms with van der Waals surface area (Å²) in [5.74, 6) is 1.05. The average Bonchev–Trinajstić information content (AvgIpc) is 3.54. The van der Waals surface area contributed by atoms with Gasteiger partial charge in [-0.3, -0.25) is 4.68 Å². The van der Waals surface area contributed by atoms with Crippen molar-refractivity contribution in [2.24, 2.45) is 0 Å². The van der Waals surface area contributed by atoms with Gasteiger partial charge in [0.15, 0.2) is 11.5 Å². The minimum Gasteiger partial charge on any atom is -0.444 e. The maximum Gasteiger partial charge on any atom is 0.410 e. The van der Waals surface area contributed by atoms with E-state index in [1.165, 1.54) is 0 Å². The highest BCUT2D eigenvalue weighted by Crippen LogP contribution is 2.28. The molecule has 0 aliphatic carbocycles. The highest BCUT2D eigenvalue weighted by Gasteiger charge is 2.35. The summed E-state index contributed by atoms with van der Waals surface area (Å²) >= 11 is 0. The number of carbonyl (C=O) groups excluding carboxylic acids is 2. The van der Waals surface area contributed by atoms with Gasteiger partial charge in [0.1, 0.15) is 17.5 Å². The number of aromatic nitrogens is 4. The molecular weight excluding hydrogens is 512 g/mol. The van der Waals surface area contributed by atoms with Gasteiger partial charge in [-0.2, -0.15) is 10.4 Å². The molecule has 0 radical (unpaired) electrons. The minimum absolute atomic E-state index is 0.0765. The van der Waals surface area contributed by atoms with Gasteiger partial charge in [0, 0.05) is 52.5 Å². The van der Waals surface area contributed by atoms with E-state index < -0.39 is 5.60 Å². The van der Waals surface area contributed by atoms with Crippen molar-refractivity contribution in [2.75, 3.05) is 56.5 Å². The molecule has 3 aliphatic heterocycles. The first kappa shape index (κ1) is 27.5. The van der Waals surface area contributed by atoms with Crippen LogP contribution in [0.15, 0.2) is 18.6 Å². The number of ether oxygens (including phenoxy) is 1. The summed E-state index contributed by atoms with van der Waals surface area (Å²) in [6, 6.07) is 2.48. The molecule has 1 N–H and O–H groups in total. The van der Waals surface area contributed by atoms with E-state index in [1.54, 1.807) is 22.2 Å². The molecule has 13 heteroatoms. The Balaban J connectivity index is 1.23. The molecule has 13 nitrogen and oxygen atoms in total. The van der Waals surface area contributed by atoms with Crippen molar-refractivity contribution in [1.29, 1.82) is 5.26 Å². The van der Waals surface area contributed by atoms with Crippen LogP contribution in [0.5, 0.6) is 0 Å². The molecule has 40 heavy (non-hydrogen) atoms. The molecule has 0 saturated carbocycles. The molecule has 0 aromatic carbocycles. The summed E-state index contributed by atoms with van der Waals surface area (Å²) in [7, 11) is 1.84. The van der Waals surface area contributed by atoms with Gasteiger partial charge in [0.05, 0.1) is 30.2 Å². The average molecular weight is 551 g/mol. The molecule has 2 aromatic rings. The van der Waals surface area contributed by atoms with E-state index in [4.69, 9.17) is 9.72 Å². The lowest BCUT2D eigenvalue weighted by molar-refractivity contribution is 0.0184. The molecule has 0 unspecified atom stereocenters. The van der Waals surface area contributed by atoms with Crippen LogP contribution in [0.25, 0.3) is 0 Å². The number of nitrogens with one attached hydrogen (secondary N) is 1. The van der Waals surface area contributed by atoms with Crippen LogP contribution in [0.4, 0.5) is 26.9 Å². The van der Waals surface area contributed by atoms with E-state index in [1.807, 2.05) is 43.6 Å². The van der Waals surface area contributed by atoms with Gasteiger partial charge in [-0.25, -0.2) is 19.6 Å². The Morgan fingerprint density at radius 1 is 1.10 bits per heavy atom. The molecule has 1 atom stereocenters. The number of carbonyl (C=O) groups is 2. The second-order valence-electron chi connectivity index (χ2n) is 11.7. The first-order valence-corrected chi connectivity index (χ1v) is 13.9. The Kier molecular flexibility index (Phi) is 7.69. The van der Waals surface area contributed by atoms with Gasteiger partial charge in [-0.1, -0.05) is 0 Å². The van der Waals surface area contributed by atoms with Crippen molar-refractivity contribution in [1.82, 2.24) is 34.4 Å². The highest BCUT2D eigenvalue weighted by molar-refractivity contribution is 5.76. The number of rotatable bonds is 5. The third kappa shape index (κ3) is 6.05. The SMILES string of the molecule is CN1CCN([C@@H]2CCCN(c3cnc(C#N)c(Nc4cnn(C5CCN(C(=O)OC(C)(C)C)CC5)c4)n3)C2)C1=O. The Morgan fingerprint density at radius 2 is 1.88 bits per heavy atom. The third-order valence-corrected chi connectivity index (χ3v) is 7.63. The van der Waals surface area contributed by atoms with Crippen LogP contribution in [-0.4, -0.2) is 105 Å². The molecule has 3 aliphatic rings. The molecule has 2 aromatic heterocycles. The number of hydrogen-bond donors (Lipinski definition) is 1. The van der Waals surface area contributed by atoms with E-state index >= 15 is 0 Å². The lowest BCUT2D eigenvalue weighted by atomic mass is 10.0. The van der Waals surface area contributed by atoms with Crippen molar-refractivity contribution in [3.63, 3.8) is 0 Å². The minimum atomic E-state index is -0.515. The summed E-state index contributed by atoms with van der Waals surface area (Å²) in [6.07, 6.45) is 8.40. The van der Waals surface area contributed by atoms with Crippen molar-refractivity contribution >= 4 is 29.4 Å². The fraction of sp³-hybridized carbons (Fsp3) is 0.630. The first-order valence-electron chi connectivity index (χ1n) is 13.9. The van der Waals surface area contributed by atoms with Crippen LogP contribution < -0.4 is 10.2 Å². The second kappa shape index (κ2) is 11.2. The van der Waals surface area contributed by atoms with E-state index in [0.29, 0.717) is 37.0 Å². The van der Waals surface area contributed by atoms with Crippen LogP contribution in [-0.2, 0) is 4.74 Å². The Hall–Kier alpha value is -4.08. The molecule has 5 heterocycles. The largest absolute Gasteiger partial charge is 0.444 e. The van der Waals surface area contributed by atoms with Crippen molar-refractivity contribution in [3.8, 4) is 6.07 Å². The van der Waals surface area contributed by atoms with Crippen LogP contribution in [0.2, 0.25) is 0 Å². The predicted molar refractivity (Wildman–Crippen MR) is 148 cm³/mol. The van der Waals surface area contributed by atoms with E-state index in [2.05, 4.69) is 26.4 Å². The number of likely N-dealkylation sites (N-methyl/N-ethyl adjacent to an activating group) is 1. The normalized spacial score (nSPS) is 20.6. The smallest absolute Gasteiger partial charge is 0.410 e. The number of piperidine rings is 2. The monoisotopic (exact) mass is 550 g/mol. The van der Waals surface area contributed by atoms with E-state index in [-0.39, 0.29) is 29.9 Å². The number of likely N-dealkylation sites (tertiary alicyclic amines) is 1. The van der Waals surface area contributed by atoms with Gasteiger partial charge in [-0.05, 0) is 46.5 Å². The van der Waals surface area contributed by atoms with Crippen LogP contribution in [0.1, 0.15) is 58.2 Å². The number of urea groups is 1. The maximum absolute atomic E-state index is 12.5. The van der Waals surface area contributed by atoms with Crippen molar-refractivity contribution < 1.29 is 14.3 Å². The van der Waals surface area contributed by atoms with Gasteiger partial charge in [-0.15, -0.1) is 0 Å². The standard InChI is InChI=1S/C27H38N10O3/c1-27(2,3)40-26(39)34-10-7-20(8-11-34)37-17-19(15-30-37)31-24-22(14-28)29-16-23(32-24)35-9-5-6-21(18-35)36-13-12-33(4)25(36)38/h15-17,20-21H,5-13,18H2,1-4H3,(H,31,32)/t21-/m1/s1. The number of nitriles is 1. The molecule has 5 rings (SSSR count). The van der Waals surface area contributed by atoms with E-state index in [0.717, 1.165) is 45.3 Å². The zero-order chi connectivity index (χ0) is 28.4. The summed E-state index contributed by atoms with van der Waals surface area (Å²) in [4.78, 5) is 41.6. The number of amides is 3. The van der Waals surface area contributed by atoms with Gasteiger partial charge in [0.25, 0.3) is 0 Å². The lowest BCUT2D eigenvalue weighted by Crippen LogP contribution is -2.49. The third-order valence-electron chi connectivity index (χ3n) is 7.63. The molecule has 214 valence electrons. The number of hydrogen-bond acceptors (Lipinski definition) is 9. The van der Waals surface area contributed by atoms with Crippen LogP contribution in [0, 0.1) is 11.3 Å². The highest BCUT2D eigenvalue weighted by atomic mass is 16.6. The summed E-state index contributed by atoms with van der Waals surface area (Å²) in [6.45, 7) is 9.79. The molecular formula is C27H38N10O3. The Bertz CT molecular complexity index is 1270. The van der Waals surface area contributed by atoms with Gasteiger partial charge in [0.2, 0.25) is 0 Å². The Morgan fingerprint density at radius 3 is 2.55 bits per heavy atom. The number of nitrogens with zero attached hydrogens (tertiary/aromatic N) is 9. The lowest BCUT2D eigenvalue weighted by Gasteiger charge is -2.37. The Labute approximate surface area is 234 Å². The van der Waals surface area contributed by atoms with Gasteiger partial charge >= 0.3 is 12.1 Å². The molecule has 3 amide bonds. The zero-order valence-corrected chi connectivity index (χ0v) is 23.7. The van der Waals surface area contributed by atoms with Crippen LogP contribution in [0.3, 0.4) is 0 Å². The zero-order valence-electron chi connectivity index (χ0n) is 23.7. The fourth-order valence-electron chi connectivity index (χ4n) is 5.50. The van der Waals surface area contributed by atoms with Crippen molar-refractivity contribution in [3.05, 3.63) is 24.3 Å². The molecule has 0 bridgehead atoms. The van der Waals surface area contributed by atoms with E-state index in [9.17, 15) is 14.9 Å². The summed E-state index contributed by atoms with van der Waals surface area (Å²) < 4.78 is 7.40. The first-order chi connectivity index (χ1) is 19.1. The van der Waals surface area contributed by atoms with Crippen LogP contribution >= 0.6 is 0 Å².